The van der Waals surface area contributed by atoms with E-state index >= 15 is 0 Å². The van der Waals surface area contributed by atoms with Crippen LogP contribution in [-0.4, -0.2) is 35.0 Å². The van der Waals surface area contributed by atoms with Crippen LogP contribution in [0, 0.1) is 0 Å². The van der Waals surface area contributed by atoms with Crippen LogP contribution in [0.5, 0.6) is 0 Å². The maximum atomic E-state index is 12.7. The van der Waals surface area contributed by atoms with Gasteiger partial charge in [-0.2, -0.15) is 13.2 Å². The molecule has 114 valence electrons. The number of aromatic nitrogens is 2. The van der Waals surface area contributed by atoms with Gasteiger partial charge in [0.15, 0.2) is 0 Å². The maximum absolute atomic E-state index is 12.7. The predicted octanol–water partition coefficient (Wildman–Crippen LogP) is 1.77. The Morgan fingerprint density at radius 1 is 1.57 bits per heavy atom. The molecule has 1 saturated heterocycles. The van der Waals surface area contributed by atoms with Crippen molar-refractivity contribution in [1.82, 2.24) is 15.3 Å². The molecule has 1 fully saturated rings. The highest BCUT2D eigenvalue weighted by molar-refractivity contribution is 5.85. The number of hydrogen-bond acceptors (Lipinski definition) is 4. The van der Waals surface area contributed by atoms with Crippen molar-refractivity contribution in [1.29, 1.82) is 0 Å². The number of carbonyl (C=O) groups is 1. The van der Waals surface area contributed by atoms with Crippen LogP contribution < -0.4 is 10.2 Å². The third kappa shape index (κ3) is 3.50. The predicted molar refractivity (Wildman–Crippen MR) is 70.6 cm³/mol. The average Bonchev–Trinajstić information content (AvgIpc) is 2.93. The Hall–Kier alpha value is -2.12. The van der Waals surface area contributed by atoms with Crippen LogP contribution in [0.25, 0.3) is 0 Å². The highest BCUT2D eigenvalue weighted by atomic mass is 19.4. The number of nitrogens with zero attached hydrogens (tertiary/aromatic N) is 3. The Balaban J connectivity index is 2.20. The fourth-order valence-electron chi connectivity index (χ4n) is 2.21. The van der Waals surface area contributed by atoms with Gasteiger partial charge in [-0.05, 0) is 18.9 Å². The molecule has 1 amide bonds. The first-order valence-electron chi connectivity index (χ1n) is 6.49. The van der Waals surface area contributed by atoms with Crippen LogP contribution in [0.3, 0.4) is 0 Å². The van der Waals surface area contributed by atoms with Crippen molar-refractivity contribution < 1.29 is 18.0 Å². The Bertz CT molecular complexity index is 532. The van der Waals surface area contributed by atoms with Crippen LogP contribution in [0.4, 0.5) is 19.1 Å². The van der Waals surface area contributed by atoms with Gasteiger partial charge < -0.3 is 10.2 Å². The standard InChI is InChI=1S/C13H15F3N4O/c1-2-6-17-11(21)9-4-3-8-20(9)12-18-7-5-10(19-12)13(14,15)16/h2,5,7,9H,1,3-4,6,8H2,(H,17,21). The summed E-state index contributed by atoms with van der Waals surface area (Å²) in [6.07, 6.45) is -0.674. The molecule has 21 heavy (non-hydrogen) atoms. The minimum Gasteiger partial charge on any atom is -0.351 e. The van der Waals surface area contributed by atoms with Gasteiger partial charge in [0.25, 0.3) is 0 Å². The Labute approximate surface area is 119 Å². The molecule has 0 bridgehead atoms. The highest BCUT2D eigenvalue weighted by Crippen LogP contribution is 2.29. The summed E-state index contributed by atoms with van der Waals surface area (Å²) in [5.74, 6) is -0.325. The minimum absolute atomic E-state index is 0.0684. The second kappa shape index (κ2) is 6.11. The van der Waals surface area contributed by atoms with E-state index in [1.165, 1.54) is 11.0 Å². The molecule has 5 nitrogen and oxygen atoms in total. The van der Waals surface area contributed by atoms with Crippen molar-refractivity contribution in [2.45, 2.75) is 25.1 Å². The first-order valence-corrected chi connectivity index (χ1v) is 6.49. The van der Waals surface area contributed by atoms with Crippen molar-refractivity contribution in [3.8, 4) is 0 Å². The van der Waals surface area contributed by atoms with Crippen LogP contribution in [0.15, 0.2) is 24.9 Å². The number of amides is 1. The fourth-order valence-corrected chi connectivity index (χ4v) is 2.21. The van der Waals surface area contributed by atoms with Gasteiger partial charge >= 0.3 is 6.18 Å². The van der Waals surface area contributed by atoms with Gasteiger partial charge in [-0.1, -0.05) is 6.08 Å². The van der Waals surface area contributed by atoms with Gasteiger partial charge in [-0.15, -0.1) is 6.58 Å². The molecule has 1 aliphatic heterocycles. The fraction of sp³-hybridized carbons (Fsp3) is 0.462. The summed E-state index contributed by atoms with van der Waals surface area (Å²) in [6, 6.07) is 0.264. The normalized spacial score (nSPS) is 18.6. The molecular weight excluding hydrogens is 285 g/mol. The van der Waals surface area contributed by atoms with E-state index < -0.39 is 17.9 Å². The van der Waals surface area contributed by atoms with Crippen molar-refractivity contribution in [2.75, 3.05) is 18.0 Å². The molecule has 1 unspecified atom stereocenters. The van der Waals surface area contributed by atoms with E-state index in [0.717, 1.165) is 12.3 Å². The first kappa shape index (κ1) is 15.3. The van der Waals surface area contributed by atoms with E-state index in [1.807, 2.05) is 0 Å². The summed E-state index contributed by atoms with van der Waals surface area (Å²) in [4.78, 5) is 20.9. The van der Waals surface area contributed by atoms with Gasteiger partial charge in [-0.25, -0.2) is 9.97 Å². The molecule has 0 spiro atoms. The lowest BCUT2D eigenvalue weighted by atomic mass is 10.2. The summed E-state index contributed by atoms with van der Waals surface area (Å²) >= 11 is 0. The highest BCUT2D eigenvalue weighted by Gasteiger charge is 2.36. The van der Waals surface area contributed by atoms with E-state index in [1.54, 1.807) is 0 Å². The third-order valence-corrected chi connectivity index (χ3v) is 3.17. The molecule has 1 aliphatic rings. The molecule has 0 radical (unpaired) electrons. The Morgan fingerprint density at radius 3 is 3.00 bits per heavy atom. The smallest absolute Gasteiger partial charge is 0.351 e. The van der Waals surface area contributed by atoms with Gasteiger partial charge in [-0.3, -0.25) is 4.79 Å². The number of hydrogen-bond donors (Lipinski definition) is 1. The number of alkyl halides is 3. The number of anilines is 1. The number of halogens is 3. The summed E-state index contributed by atoms with van der Waals surface area (Å²) < 4.78 is 38.0. The quantitative estimate of drug-likeness (QED) is 0.861. The monoisotopic (exact) mass is 300 g/mol. The molecule has 1 aromatic heterocycles. The van der Waals surface area contributed by atoms with Crippen molar-refractivity contribution in [2.24, 2.45) is 0 Å². The summed E-state index contributed by atoms with van der Waals surface area (Å²) in [5.41, 5.74) is -1.01. The minimum atomic E-state index is -4.53. The lowest BCUT2D eigenvalue weighted by Crippen LogP contribution is -2.44. The zero-order valence-corrected chi connectivity index (χ0v) is 11.2. The summed E-state index contributed by atoms with van der Waals surface area (Å²) in [7, 11) is 0. The molecule has 8 heteroatoms. The van der Waals surface area contributed by atoms with Crippen LogP contribution in [0.2, 0.25) is 0 Å². The van der Waals surface area contributed by atoms with Gasteiger partial charge in [0.2, 0.25) is 11.9 Å². The van der Waals surface area contributed by atoms with Gasteiger partial charge in [0.05, 0.1) is 0 Å². The van der Waals surface area contributed by atoms with Crippen molar-refractivity contribution in [3.05, 3.63) is 30.6 Å². The molecule has 0 saturated carbocycles. The lowest BCUT2D eigenvalue weighted by molar-refractivity contribution is -0.141. The Morgan fingerprint density at radius 2 is 2.33 bits per heavy atom. The zero-order valence-electron chi connectivity index (χ0n) is 11.2. The van der Waals surface area contributed by atoms with Gasteiger partial charge in [0, 0.05) is 19.3 Å². The zero-order chi connectivity index (χ0) is 15.5. The van der Waals surface area contributed by atoms with E-state index in [0.29, 0.717) is 25.9 Å². The van der Waals surface area contributed by atoms with Crippen LogP contribution in [-0.2, 0) is 11.0 Å². The van der Waals surface area contributed by atoms with E-state index in [4.69, 9.17) is 0 Å². The second-order valence-corrected chi connectivity index (χ2v) is 4.62. The summed E-state index contributed by atoms with van der Waals surface area (Å²) in [5, 5.41) is 2.64. The second-order valence-electron chi connectivity index (χ2n) is 4.62. The largest absolute Gasteiger partial charge is 0.433 e. The molecular formula is C13H15F3N4O. The molecule has 1 aromatic rings. The maximum Gasteiger partial charge on any atom is 0.433 e. The Kier molecular flexibility index (Phi) is 4.44. The van der Waals surface area contributed by atoms with Crippen LogP contribution in [0.1, 0.15) is 18.5 Å². The first-order chi connectivity index (χ1) is 9.93. The molecule has 0 aliphatic carbocycles. The summed E-state index contributed by atoms with van der Waals surface area (Å²) in [6.45, 7) is 4.26. The van der Waals surface area contributed by atoms with E-state index in [-0.39, 0.29) is 11.9 Å². The lowest BCUT2D eigenvalue weighted by Gasteiger charge is -2.24. The molecule has 1 N–H and O–H groups in total. The number of nitrogens with one attached hydrogen (secondary N) is 1. The SMILES string of the molecule is C=CCNC(=O)C1CCCN1c1nccc(C(F)(F)F)n1. The number of carbonyl (C=O) groups excluding carboxylic acids is 1. The molecule has 2 heterocycles. The topological polar surface area (TPSA) is 58.1 Å². The number of rotatable bonds is 4. The molecule has 1 atom stereocenters. The average molecular weight is 300 g/mol. The van der Waals surface area contributed by atoms with Crippen LogP contribution >= 0.6 is 0 Å². The third-order valence-electron chi connectivity index (χ3n) is 3.17. The molecule has 0 aromatic carbocycles. The molecule has 2 rings (SSSR count). The van der Waals surface area contributed by atoms with Gasteiger partial charge in [0.1, 0.15) is 11.7 Å². The van der Waals surface area contributed by atoms with Crippen molar-refractivity contribution >= 4 is 11.9 Å². The van der Waals surface area contributed by atoms with E-state index in [2.05, 4.69) is 21.9 Å². The van der Waals surface area contributed by atoms with E-state index in [9.17, 15) is 18.0 Å². The van der Waals surface area contributed by atoms with Crippen molar-refractivity contribution in [3.63, 3.8) is 0 Å².